The highest BCUT2D eigenvalue weighted by Crippen LogP contribution is 2.30. The Kier molecular flexibility index (Phi) is 4.78. The van der Waals surface area contributed by atoms with Gasteiger partial charge in [0, 0.05) is 36.8 Å². The summed E-state index contributed by atoms with van der Waals surface area (Å²) in [6.07, 6.45) is 4.22. The summed E-state index contributed by atoms with van der Waals surface area (Å²) in [4.78, 5) is 28.3. The molecule has 2 atom stereocenters. The summed E-state index contributed by atoms with van der Waals surface area (Å²) in [6.45, 7) is 1.76. The molecule has 0 spiro atoms. The van der Waals surface area contributed by atoms with Gasteiger partial charge in [-0.2, -0.15) is 5.10 Å². The van der Waals surface area contributed by atoms with Gasteiger partial charge in [-0.1, -0.05) is 0 Å². The van der Waals surface area contributed by atoms with Crippen molar-refractivity contribution in [3.05, 3.63) is 29.3 Å². The maximum Gasteiger partial charge on any atom is 0.307 e. The number of carboxylic acids is 1. The van der Waals surface area contributed by atoms with Crippen LogP contribution in [0.2, 0.25) is 0 Å². The van der Waals surface area contributed by atoms with Gasteiger partial charge in [0.25, 0.3) is 0 Å². The van der Waals surface area contributed by atoms with Gasteiger partial charge in [-0.25, -0.2) is 0 Å². The van der Waals surface area contributed by atoms with Crippen LogP contribution in [0, 0.1) is 11.8 Å². The number of nitrogens with one attached hydrogen (secondary N) is 2. The molecular weight excluding hydrogens is 352 g/mol. The van der Waals surface area contributed by atoms with Gasteiger partial charge in [0.05, 0.1) is 22.4 Å². The van der Waals surface area contributed by atoms with E-state index in [0.29, 0.717) is 32.1 Å². The van der Waals surface area contributed by atoms with E-state index in [1.54, 1.807) is 17.5 Å². The number of amides is 1. The number of carboxylic acid groups (broad SMARTS) is 1. The molecule has 0 unspecified atom stereocenters. The van der Waals surface area contributed by atoms with E-state index in [0.717, 1.165) is 28.3 Å². The van der Waals surface area contributed by atoms with Crippen molar-refractivity contribution in [3.8, 4) is 10.6 Å². The largest absolute Gasteiger partial charge is 0.481 e. The quantitative estimate of drug-likeness (QED) is 0.718. The number of likely N-dealkylation sites (tertiary alicyclic amines) is 1. The minimum atomic E-state index is -0.816. The fourth-order valence-corrected chi connectivity index (χ4v) is 4.48. The Morgan fingerprint density at radius 3 is 2.77 bits per heavy atom. The number of nitrogens with zero attached hydrogens (tertiary/aromatic N) is 2. The number of H-pyrrole nitrogens is 1. The molecule has 1 aliphatic carbocycles. The van der Waals surface area contributed by atoms with Crippen molar-refractivity contribution in [2.24, 2.45) is 11.8 Å². The zero-order chi connectivity index (χ0) is 18.1. The molecule has 26 heavy (non-hydrogen) atoms. The van der Waals surface area contributed by atoms with Crippen LogP contribution >= 0.6 is 11.3 Å². The van der Waals surface area contributed by atoms with Crippen molar-refractivity contribution in [2.45, 2.75) is 31.8 Å². The van der Waals surface area contributed by atoms with Gasteiger partial charge in [-0.15, -0.1) is 11.3 Å². The van der Waals surface area contributed by atoms with Gasteiger partial charge in [-0.05, 0) is 37.5 Å². The van der Waals surface area contributed by atoms with E-state index in [-0.39, 0.29) is 11.8 Å². The third-order valence-corrected chi connectivity index (χ3v) is 6.08. The maximum atomic E-state index is 12.4. The summed E-state index contributed by atoms with van der Waals surface area (Å²) in [5.41, 5.74) is 0.977. The monoisotopic (exact) mass is 374 g/mol. The lowest BCUT2D eigenvalue weighted by Crippen LogP contribution is -2.48. The lowest BCUT2D eigenvalue weighted by atomic mass is 9.88. The van der Waals surface area contributed by atoms with E-state index in [1.165, 1.54) is 0 Å². The summed E-state index contributed by atoms with van der Waals surface area (Å²) in [7, 11) is 0. The molecule has 0 bridgehead atoms. The van der Waals surface area contributed by atoms with Gasteiger partial charge in [0.15, 0.2) is 0 Å². The zero-order valence-electron chi connectivity index (χ0n) is 14.4. The molecule has 3 N–H and O–H groups in total. The summed E-state index contributed by atoms with van der Waals surface area (Å²) in [5.74, 6) is -1.56. The number of aromatic amines is 1. The number of thiophene rings is 1. The lowest BCUT2D eigenvalue weighted by Gasteiger charge is -2.35. The number of piperidine rings is 1. The van der Waals surface area contributed by atoms with E-state index in [2.05, 4.69) is 26.5 Å². The molecule has 2 aliphatic rings. The first-order chi connectivity index (χ1) is 12.6. The Morgan fingerprint density at radius 1 is 1.27 bits per heavy atom. The first kappa shape index (κ1) is 17.2. The fraction of sp³-hybridized carbons (Fsp3) is 0.500. The second-order valence-corrected chi connectivity index (χ2v) is 8.35. The van der Waals surface area contributed by atoms with Crippen molar-refractivity contribution in [1.82, 2.24) is 20.4 Å². The first-order valence-electron chi connectivity index (χ1n) is 8.92. The Morgan fingerprint density at radius 2 is 2.08 bits per heavy atom. The molecule has 7 nitrogen and oxygen atoms in total. The minimum Gasteiger partial charge on any atom is -0.481 e. The lowest BCUT2D eigenvalue weighted by molar-refractivity contribution is -0.145. The molecule has 2 fully saturated rings. The van der Waals surface area contributed by atoms with Crippen molar-refractivity contribution in [3.63, 3.8) is 0 Å². The summed E-state index contributed by atoms with van der Waals surface area (Å²) in [6, 6.07) is 6.33. The van der Waals surface area contributed by atoms with Crippen LogP contribution in [0.15, 0.2) is 24.4 Å². The van der Waals surface area contributed by atoms with Gasteiger partial charge in [0.1, 0.15) is 0 Å². The molecular formula is C18H22N4O3S. The van der Waals surface area contributed by atoms with Gasteiger partial charge in [0.2, 0.25) is 5.91 Å². The normalized spacial score (nSPS) is 23.7. The van der Waals surface area contributed by atoms with Crippen molar-refractivity contribution >= 4 is 23.2 Å². The molecule has 8 heteroatoms. The SMILES string of the molecule is O=C(O)[C@H]1C[C@H](C(=O)NC2CC2)CN(Cc2ccc(-c3ccn[nH]3)s2)C1. The van der Waals surface area contributed by atoms with Crippen LogP contribution in [0.1, 0.15) is 24.1 Å². The summed E-state index contributed by atoms with van der Waals surface area (Å²) >= 11 is 1.66. The number of rotatable bonds is 6. The molecule has 0 radical (unpaired) electrons. The number of aromatic nitrogens is 2. The summed E-state index contributed by atoms with van der Waals surface area (Å²) in [5, 5.41) is 19.4. The summed E-state index contributed by atoms with van der Waals surface area (Å²) < 4.78 is 0. The number of hydrogen-bond donors (Lipinski definition) is 3. The van der Waals surface area contributed by atoms with Crippen LogP contribution in [0.5, 0.6) is 0 Å². The third-order valence-electron chi connectivity index (χ3n) is 4.98. The van der Waals surface area contributed by atoms with Crippen LogP contribution < -0.4 is 5.32 Å². The molecule has 4 rings (SSSR count). The second-order valence-electron chi connectivity index (χ2n) is 7.18. The zero-order valence-corrected chi connectivity index (χ0v) is 15.2. The molecule has 2 aromatic rings. The molecule has 138 valence electrons. The Hall–Kier alpha value is -2.19. The average molecular weight is 374 g/mol. The van der Waals surface area contributed by atoms with E-state index >= 15 is 0 Å². The van der Waals surface area contributed by atoms with Crippen LogP contribution in [0.3, 0.4) is 0 Å². The Balaban J connectivity index is 1.43. The molecule has 3 heterocycles. The predicted octanol–water partition coefficient (Wildman–Crippen LogP) is 1.94. The molecule has 1 saturated heterocycles. The minimum absolute atomic E-state index is 0.00720. The van der Waals surface area contributed by atoms with Crippen LogP contribution in [0.4, 0.5) is 0 Å². The molecule has 1 amide bonds. The number of carbonyl (C=O) groups excluding carboxylic acids is 1. The number of aliphatic carboxylic acids is 1. The highest BCUT2D eigenvalue weighted by molar-refractivity contribution is 7.15. The first-order valence-corrected chi connectivity index (χ1v) is 9.74. The van der Waals surface area contributed by atoms with E-state index < -0.39 is 11.9 Å². The third kappa shape index (κ3) is 3.96. The number of hydrogen-bond acceptors (Lipinski definition) is 5. The number of carbonyl (C=O) groups is 2. The average Bonchev–Trinajstić information content (AvgIpc) is 3.10. The Bertz CT molecular complexity index is 784. The van der Waals surface area contributed by atoms with Gasteiger partial charge >= 0.3 is 5.97 Å². The molecule has 0 aromatic carbocycles. The van der Waals surface area contributed by atoms with Crippen LogP contribution in [0.25, 0.3) is 10.6 Å². The fourth-order valence-electron chi connectivity index (χ4n) is 3.46. The standard InChI is InChI=1S/C18H22N4O3S/c23-17(20-13-1-2-13)11-7-12(18(24)25)9-22(8-11)10-14-3-4-16(26-14)15-5-6-19-21-15/h3-6,11-13H,1-2,7-10H2,(H,19,21)(H,20,23)(H,24,25)/t11-,12-/m0/s1. The predicted molar refractivity (Wildman–Crippen MR) is 97.6 cm³/mol. The topological polar surface area (TPSA) is 98.3 Å². The molecule has 1 aliphatic heterocycles. The van der Waals surface area contributed by atoms with Crippen molar-refractivity contribution in [2.75, 3.05) is 13.1 Å². The van der Waals surface area contributed by atoms with E-state index in [1.807, 2.05) is 12.1 Å². The Labute approximate surface area is 155 Å². The maximum absolute atomic E-state index is 12.4. The highest BCUT2D eigenvalue weighted by atomic mass is 32.1. The van der Waals surface area contributed by atoms with Gasteiger partial charge < -0.3 is 10.4 Å². The molecule has 2 aromatic heterocycles. The van der Waals surface area contributed by atoms with Crippen molar-refractivity contribution < 1.29 is 14.7 Å². The van der Waals surface area contributed by atoms with Crippen LogP contribution in [-0.2, 0) is 16.1 Å². The smallest absolute Gasteiger partial charge is 0.307 e. The van der Waals surface area contributed by atoms with Crippen molar-refractivity contribution in [1.29, 1.82) is 0 Å². The van der Waals surface area contributed by atoms with E-state index in [4.69, 9.17) is 0 Å². The van der Waals surface area contributed by atoms with Gasteiger partial charge in [-0.3, -0.25) is 19.6 Å². The molecule has 1 saturated carbocycles. The van der Waals surface area contributed by atoms with E-state index in [9.17, 15) is 14.7 Å². The van der Waals surface area contributed by atoms with Crippen LogP contribution in [-0.4, -0.2) is 51.2 Å². The second kappa shape index (κ2) is 7.20. The highest BCUT2D eigenvalue weighted by Gasteiger charge is 2.36.